The van der Waals surface area contributed by atoms with Crippen LogP contribution in [0.1, 0.15) is 40.3 Å². The van der Waals surface area contributed by atoms with Crippen LogP contribution in [0.15, 0.2) is 42.6 Å². The van der Waals surface area contributed by atoms with Crippen molar-refractivity contribution in [2.24, 2.45) is 0 Å². The molecule has 5 nitrogen and oxygen atoms in total. The first-order valence-corrected chi connectivity index (χ1v) is 7.83. The van der Waals surface area contributed by atoms with E-state index in [1.807, 2.05) is 13.8 Å². The van der Waals surface area contributed by atoms with Gasteiger partial charge in [-0.1, -0.05) is 18.2 Å². The highest BCUT2D eigenvalue weighted by molar-refractivity contribution is 5.98. The van der Waals surface area contributed by atoms with Crippen LogP contribution < -0.4 is 5.32 Å². The molecule has 1 aromatic heterocycles. The number of nitrogens with one attached hydrogen (secondary N) is 1. The molecule has 2 rings (SSSR count). The maximum absolute atomic E-state index is 13.6. The molecule has 2 amide bonds. The number of nitrogens with zero attached hydrogens (tertiary/aromatic N) is 2. The van der Waals surface area contributed by atoms with E-state index in [1.165, 1.54) is 24.4 Å². The Kier molecular flexibility index (Phi) is 6.01. The average Bonchev–Trinajstić information content (AvgIpc) is 2.62. The van der Waals surface area contributed by atoms with Crippen LogP contribution in [-0.4, -0.2) is 34.8 Å². The molecule has 0 bridgehead atoms. The molecule has 0 atom stereocenters. The second-order valence-corrected chi connectivity index (χ2v) is 5.18. The highest BCUT2D eigenvalue weighted by atomic mass is 19.1. The molecule has 0 aliphatic rings. The SMILES string of the molecule is CCN(CC)C(=O)c1cc(C(=O)NCc2ccccc2F)ccn1. The van der Waals surface area contributed by atoms with Crippen LogP contribution in [0.5, 0.6) is 0 Å². The van der Waals surface area contributed by atoms with Crippen LogP contribution in [0.2, 0.25) is 0 Å². The summed E-state index contributed by atoms with van der Waals surface area (Å²) in [4.78, 5) is 30.2. The maximum Gasteiger partial charge on any atom is 0.272 e. The number of aromatic nitrogens is 1. The van der Waals surface area contributed by atoms with Crippen molar-refractivity contribution in [2.75, 3.05) is 13.1 Å². The lowest BCUT2D eigenvalue weighted by Crippen LogP contribution is -2.31. The minimum Gasteiger partial charge on any atom is -0.348 e. The number of hydrogen-bond donors (Lipinski definition) is 1. The Bertz CT molecular complexity index is 730. The van der Waals surface area contributed by atoms with Crippen molar-refractivity contribution in [2.45, 2.75) is 20.4 Å². The highest BCUT2D eigenvalue weighted by Crippen LogP contribution is 2.08. The summed E-state index contributed by atoms with van der Waals surface area (Å²) in [6.07, 6.45) is 1.43. The smallest absolute Gasteiger partial charge is 0.272 e. The lowest BCUT2D eigenvalue weighted by atomic mass is 10.1. The first-order valence-electron chi connectivity index (χ1n) is 7.83. The molecule has 0 radical (unpaired) electrons. The van der Waals surface area contributed by atoms with E-state index in [4.69, 9.17) is 0 Å². The van der Waals surface area contributed by atoms with Crippen molar-refractivity contribution in [1.82, 2.24) is 15.2 Å². The monoisotopic (exact) mass is 329 g/mol. The molecule has 6 heteroatoms. The lowest BCUT2D eigenvalue weighted by molar-refractivity contribution is 0.0767. The second-order valence-electron chi connectivity index (χ2n) is 5.18. The fourth-order valence-corrected chi connectivity index (χ4v) is 2.28. The first kappa shape index (κ1) is 17.6. The van der Waals surface area contributed by atoms with Gasteiger partial charge in [0.05, 0.1) is 0 Å². The van der Waals surface area contributed by atoms with Crippen molar-refractivity contribution in [3.8, 4) is 0 Å². The van der Waals surface area contributed by atoms with Gasteiger partial charge in [0.25, 0.3) is 11.8 Å². The number of carbonyl (C=O) groups is 2. The normalized spacial score (nSPS) is 10.3. The van der Waals surface area contributed by atoms with Crippen LogP contribution in [0.3, 0.4) is 0 Å². The summed E-state index contributed by atoms with van der Waals surface area (Å²) in [5.41, 5.74) is 0.938. The molecule has 0 saturated carbocycles. The molecule has 0 saturated heterocycles. The Morgan fingerprint density at radius 2 is 1.88 bits per heavy atom. The Hall–Kier alpha value is -2.76. The zero-order chi connectivity index (χ0) is 17.5. The predicted octanol–water partition coefficient (Wildman–Crippen LogP) is 2.63. The molecular weight excluding hydrogens is 309 g/mol. The standard InChI is InChI=1S/C18H20FN3O2/c1-3-22(4-2)18(24)16-11-13(9-10-20-16)17(23)21-12-14-7-5-6-8-15(14)19/h5-11H,3-4,12H2,1-2H3,(H,21,23). The third-order valence-corrected chi connectivity index (χ3v) is 3.69. The summed E-state index contributed by atoms with van der Waals surface area (Å²) >= 11 is 0. The van der Waals surface area contributed by atoms with Crippen LogP contribution in [0, 0.1) is 5.82 Å². The van der Waals surface area contributed by atoms with Gasteiger partial charge in [0.2, 0.25) is 0 Å². The number of hydrogen-bond acceptors (Lipinski definition) is 3. The van der Waals surface area contributed by atoms with Gasteiger partial charge in [-0.15, -0.1) is 0 Å². The zero-order valence-electron chi connectivity index (χ0n) is 13.8. The number of benzene rings is 1. The van der Waals surface area contributed by atoms with Gasteiger partial charge < -0.3 is 10.2 Å². The van der Waals surface area contributed by atoms with E-state index in [0.29, 0.717) is 24.2 Å². The number of pyridine rings is 1. The molecule has 0 spiro atoms. The fourth-order valence-electron chi connectivity index (χ4n) is 2.28. The quantitative estimate of drug-likeness (QED) is 0.886. The zero-order valence-corrected chi connectivity index (χ0v) is 13.8. The number of amides is 2. The summed E-state index contributed by atoms with van der Waals surface area (Å²) in [5, 5.41) is 2.65. The van der Waals surface area contributed by atoms with E-state index in [2.05, 4.69) is 10.3 Å². The van der Waals surface area contributed by atoms with E-state index in [0.717, 1.165) is 0 Å². The van der Waals surface area contributed by atoms with Gasteiger partial charge in [0.1, 0.15) is 11.5 Å². The minimum atomic E-state index is -0.380. The van der Waals surface area contributed by atoms with Crippen LogP contribution in [0.4, 0.5) is 4.39 Å². The van der Waals surface area contributed by atoms with E-state index < -0.39 is 0 Å². The van der Waals surface area contributed by atoms with E-state index >= 15 is 0 Å². The fraction of sp³-hybridized carbons (Fsp3) is 0.278. The van der Waals surface area contributed by atoms with Crippen LogP contribution in [-0.2, 0) is 6.54 Å². The average molecular weight is 329 g/mol. The van der Waals surface area contributed by atoms with E-state index in [-0.39, 0.29) is 29.9 Å². The first-order chi connectivity index (χ1) is 11.6. The van der Waals surface area contributed by atoms with Crippen LogP contribution >= 0.6 is 0 Å². The molecule has 24 heavy (non-hydrogen) atoms. The van der Waals surface area contributed by atoms with Crippen LogP contribution in [0.25, 0.3) is 0 Å². The Morgan fingerprint density at radius 1 is 1.17 bits per heavy atom. The van der Waals surface area contributed by atoms with Crippen molar-refractivity contribution < 1.29 is 14.0 Å². The minimum absolute atomic E-state index is 0.0765. The summed E-state index contributed by atoms with van der Waals surface area (Å²) < 4.78 is 13.6. The van der Waals surface area contributed by atoms with Gasteiger partial charge >= 0.3 is 0 Å². The lowest BCUT2D eigenvalue weighted by Gasteiger charge is -2.18. The Labute approximate surface area is 140 Å². The number of rotatable bonds is 6. The molecule has 0 aliphatic carbocycles. The topological polar surface area (TPSA) is 62.3 Å². The summed E-state index contributed by atoms with van der Waals surface area (Å²) in [6, 6.07) is 9.23. The molecular formula is C18H20FN3O2. The maximum atomic E-state index is 13.6. The molecule has 1 heterocycles. The van der Waals surface area contributed by atoms with E-state index in [9.17, 15) is 14.0 Å². The van der Waals surface area contributed by atoms with Crippen molar-refractivity contribution in [3.05, 3.63) is 65.2 Å². The highest BCUT2D eigenvalue weighted by Gasteiger charge is 2.16. The van der Waals surface area contributed by atoms with Gasteiger partial charge in [0.15, 0.2) is 0 Å². The predicted molar refractivity (Wildman–Crippen MR) is 89.1 cm³/mol. The second kappa shape index (κ2) is 8.19. The Morgan fingerprint density at radius 3 is 2.54 bits per heavy atom. The molecule has 0 fully saturated rings. The van der Waals surface area contributed by atoms with Crippen molar-refractivity contribution >= 4 is 11.8 Å². The third kappa shape index (κ3) is 4.16. The summed E-state index contributed by atoms with van der Waals surface area (Å²) in [7, 11) is 0. The van der Waals surface area contributed by atoms with Gasteiger partial charge in [0, 0.05) is 37.0 Å². The molecule has 2 aromatic rings. The van der Waals surface area contributed by atoms with Crippen molar-refractivity contribution in [1.29, 1.82) is 0 Å². The third-order valence-electron chi connectivity index (χ3n) is 3.69. The van der Waals surface area contributed by atoms with Gasteiger partial charge in [-0.05, 0) is 32.0 Å². The molecule has 1 aromatic carbocycles. The number of carbonyl (C=O) groups excluding carboxylic acids is 2. The summed E-state index contributed by atoms with van der Waals surface area (Å²) in [5.74, 6) is -0.970. The molecule has 0 unspecified atom stereocenters. The van der Waals surface area contributed by atoms with Gasteiger partial charge in [-0.25, -0.2) is 4.39 Å². The molecule has 0 aliphatic heterocycles. The molecule has 1 N–H and O–H groups in total. The van der Waals surface area contributed by atoms with Gasteiger partial charge in [-0.2, -0.15) is 0 Å². The number of halogens is 1. The van der Waals surface area contributed by atoms with E-state index in [1.54, 1.807) is 23.1 Å². The molecule has 126 valence electrons. The largest absolute Gasteiger partial charge is 0.348 e. The Balaban J connectivity index is 2.09. The summed E-state index contributed by atoms with van der Waals surface area (Å²) in [6.45, 7) is 4.98. The van der Waals surface area contributed by atoms with Crippen molar-refractivity contribution in [3.63, 3.8) is 0 Å². The van der Waals surface area contributed by atoms with Gasteiger partial charge in [-0.3, -0.25) is 14.6 Å².